The molecule has 1 aromatic rings. The second-order valence-corrected chi connectivity index (χ2v) is 7.96. The summed E-state index contributed by atoms with van der Waals surface area (Å²) in [6, 6.07) is 8.91. The third-order valence-corrected chi connectivity index (χ3v) is 5.64. The van der Waals surface area contributed by atoms with Crippen molar-refractivity contribution in [3.63, 3.8) is 0 Å². The van der Waals surface area contributed by atoms with E-state index in [4.69, 9.17) is 4.74 Å². The molecule has 1 saturated heterocycles. The summed E-state index contributed by atoms with van der Waals surface area (Å²) in [5, 5.41) is 4.60. The summed E-state index contributed by atoms with van der Waals surface area (Å²) in [6.45, 7) is 5.50. The van der Waals surface area contributed by atoms with Gasteiger partial charge in [-0.25, -0.2) is 0 Å². The van der Waals surface area contributed by atoms with E-state index in [0.29, 0.717) is 6.04 Å². The summed E-state index contributed by atoms with van der Waals surface area (Å²) in [5.41, 5.74) is 1.25. The zero-order chi connectivity index (χ0) is 14.0. The second-order valence-electron chi connectivity index (χ2n) is 6.55. The van der Waals surface area contributed by atoms with E-state index in [1.54, 1.807) is 0 Å². The number of ether oxygens (including phenoxy) is 1. The minimum Gasteiger partial charge on any atom is -0.487 e. The number of para-hydroxylation sites is 1. The lowest BCUT2D eigenvalue weighted by atomic mass is 9.89. The van der Waals surface area contributed by atoms with Crippen LogP contribution in [-0.2, 0) is 0 Å². The summed E-state index contributed by atoms with van der Waals surface area (Å²) >= 11 is 2.14. The van der Waals surface area contributed by atoms with E-state index in [1.165, 1.54) is 30.6 Å². The van der Waals surface area contributed by atoms with Crippen LogP contribution in [-0.4, -0.2) is 23.1 Å². The molecule has 1 fully saturated rings. The molecule has 0 bridgehead atoms. The summed E-state index contributed by atoms with van der Waals surface area (Å²) in [6.07, 6.45) is 5.21. The van der Waals surface area contributed by atoms with Crippen molar-refractivity contribution < 1.29 is 4.74 Å². The molecule has 2 aliphatic heterocycles. The molecular formula is C17H25NOS. The maximum absolute atomic E-state index is 6.10. The Morgan fingerprint density at radius 2 is 2.15 bits per heavy atom. The van der Waals surface area contributed by atoms with Gasteiger partial charge in [-0.3, -0.25) is 0 Å². The average Bonchev–Trinajstić information content (AvgIpc) is 2.45. The van der Waals surface area contributed by atoms with Gasteiger partial charge in [0, 0.05) is 29.8 Å². The molecule has 1 N–H and O–H groups in total. The van der Waals surface area contributed by atoms with Crippen molar-refractivity contribution in [3.05, 3.63) is 29.8 Å². The van der Waals surface area contributed by atoms with Crippen molar-refractivity contribution in [1.29, 1.82) is 0 Å². The summed E-state index contributed by atoms with van der Waals surface area (Å²) < 4.78 is 6.10. The van der Waals surface area contributed by atoms with Crippen LogP contribution in [0.5, 0.6) is 5.75 Å². The smallest absolute Gasteiger partial charge is 0.124 e. The van der Waals surface area contributed by atoms with Crippen LogP contribution in [0.1, 0.15) is 51.1 Å². The van der Waals surface area contributed by atoms with Crippen molar-refractivity contribution >= 4 is 11.8 Å². The Hall–Kier alpha value is -0.670. The molecule has 3 rings (SSSR count). The highest BCUT2D eigenvalue weighted by molar-refractivity contribution is 7.99. The van der Waals surface area contributed by atoms with Gasteiger partial charge in [-0.2, -0.15) is 11.8 Å². The van der Waals surface area contributed by atoms with Gasteiger partial charge in [-0.05, 0) is 38.5 Å². The van der Waals surface area contributed by atoms with Crippen molar-refractivity contribution in [2.45, 2.75) is 56.4 Å². The molecule has 0 saturated carbocycles. The highest BCUT2D eigenvalue weighted by Crippen LogP contribution is 2.39. The highest BCUT2D eigenvalue weighted by Gasteiger charge is 2.33. The molecule has 0 spiro atoms. The van der Waals surface area contributed by atoms with E-state index in [-0.39, 0.29) is 5.60 Å². The van der Waals surface area contributed by atoms with Gasteiger partial charge in [0.15, 0.2) is 0 Å². The number of hydrogen-bond acceptors (Lipinski definition) is 3. The SMILES string of the molecule is CC1(C)CC(NCC2CCCCS2)c2ccccc2O1. The normalized spacial score (nSPS) is 28.5. The van der Waals surface area contributed by atoms with E-state index >= 15 is 0 Å². The number of nitrogens with one attached hydrogen (secondary N) is 1. The summed E-state index contributed by atoms with van der Waals surface area (Å²) in [5.74, 6) is 2.39. The van der Waals surface area contributed by atoms with Crippen molar-refractivity contribution in [2.24, 2.45) is 0 Å². The summed E-state index contributed by atoms with van der Waals surface area (Å²) in [7, 11) is 0. The molecule has 2 heterocycles. The van der Waals surface area contributed by atoms with Crippen LogP contribution in [0.2, 0.25) is 0 Å². The minimum absolute atomic E-state index is 0.0777. The molecule has 1 aromatic carbocycles. The van der Waals surface area contributed by atoms with Gasteiger partial charge in [-0.1, -0.05) is 24.6 Å². The van der Waals surface area contributed by atoms with Crippen LogP contribution in [0.15, 0.2) is 24.3 Å². The molecule has 0 aromatic heterocycles. The lowest BCUT2D eigenvalue weighted by Crippen LogP contribution is -2.41. The zero-order valence-electron chi connectivity index (χ0n) is 12.5. The summed E-state index contributed by atoms with van der Waals surface area (Å²) in [4.78, 5) is 0. The third-order valence-electron chi connectivity index (χ3n) is 4.24. The fourth-order valence-electron chi connectivity index (χ4n) is 3.23. The van der Waals surface area contributed by atoms with Gasteiger partial charge in [0.2, 0.25) is 0 Å². The lowest BCUT2D eigenvalue weighted by molar-refractivity contribution is 0.0661. The number of thioether (sulfide) groups is 1. The lowest BCUT2D eigenvalue weighted by Gasteiger charge is -2.38. The third kappa shape index (κ3) is 3.32. The monoisotopic (exact) mass is 291 g/mol. The second kappa shape index (κ2) is 5.98. The van der Waals surface area contributed by atoms with Crippen LogP contribution in [0.4, 0.5) is 0 Å². The molecule has 2 unspecified atom stereocenters. The van der Waals surface area contributed by atoms with Crippen molar-refractivity contribution in [1.82, 2.24) is 5.32 Å². The first-order valence-corrected chi connectivity index (χ1v) is 8.82. The van der Waals surface area contributed by atoms with E-state index in [1.807, 2.05) is 0 Å². The first-order valence-electron chi connectivity index (χ1n) is 7.77. The largest absolute Gasteiger partial charge is 0.487 e. The maximum atomic E-state index is 6.10. The fraction of sp³-hybridized carbons (Fsp3) is 0.647. The fourth-order valence-corrected chi connectivity index (χ4v) is 4.48. The Kier molecular flexibility index (Phi) is 4.27. The quantitative estimate of drug-likeness (QED) is 0.903. The predicted octanol–water partition coefficient (Wildman–Crippen LogP) is 4.16. The molecule has 3 heteroatoms. The highest BCUT2D eigenvalue weighted by atomic mass is 32.2. The van der Waals surface area contributed by atoms with E-state index < -0.39 is 0 Å². The van der Waals surface area contributed by atoms with E-state index in [9.17, 15) is 0 Å². The van der Waals surface area contributed by atoms with Crippen LogP contribution in [0.3, 0.4) is 0 Å². The van der Waals surface area contributed by atoms with Gasteiger partial charge < -0.3 is 10.1 Å². The zero-order valence-corrected chi connectivity index (χ0v) is 13.3. The maximum Gasteiger partial charge on any atom is 0.124 e. The van der Waals surface area contributed by atoms with Crippen LogP contribution in [0, 0.1) is 0 Å². The van der Waals surface area contributed by atoms with Crippen molar-refractivity contribution in [3.8, 4) is 5.75 Å². The molecule has 20 heavy (non-hydrogen) atoms. The Labute approximate surface area is 126 Å². The first-order chi connectivity index (χ1) is 9.64. The van der Waals surface area contributed by atoms with Gasteiger partial charge in [0.25, 0.3) is 0 Å². The topological polar surface area (TPSA) is 21.3 Å². The van der Waals surface area contributed by atoms with Crippen molar-refractivity contribution in [2.75, 3.05) is 12.3 Å². The molecule has 2 atom stereocenters. The Balaban J connectivity index is 1.68. The van der Waals surface area contributed by atoms with Gasteiger partial charge >= 0.3 is 0 Å². The number of rotatable bonds is 3. The molecule has 0 radical (unpaired) electrons. The van der Waals surface area contributed by atoms with Crippen LogP contribution >= 0.6 is 11.8 Å². The van der Waals surface area contributed by atoms with Crippen LogP contribution in [0.25, 0.3) is 0 Å². The van der Waals surface area contributed by atoms with Gasteiger partial charge in [0.1, 0.15) is 11.4 Å². The van der Waals surface area contributed by atoms with Gasteiger partial charge in [-0.15, -0.1) is 0 Å². The molecule has 110 valence electrons. The number of benzene rings is 1. The van der Waals surface area contributed by atoms with Crippen LogP contribution < -0.4 is 10.1 Å². The molecule has 2 aliphatic rings. The molecule has 0 amide bonds. The first kappa shape index (κ1) is 14.3. The Morgan fingerprint density at radius 3 is 2.95 bits per heavy atom. The van der Waals surface area contributed by atoms with Gasteiger partial charge in [0.05, 0.1) is 0 Å². The standard InChI is InChI=1S/C17H25NOS/c1-17(2)11-15(14-8-3-4-9-16(14)19-17)18-12-13-7-5-6-10-20-13/h3-4,8-9,13,15,18H,5-7,10-12H2,1-2H3. The molecule has 0 aliphatic carbocycles. The molecule has 2 nitrogen and oxygen atoms in total. The molecular weight excluding hydrogens is 266 g/mol. The Morgan fingerprint density at radius 1 is 1.30 bits per heavy atom. The Bertz CT molecular complexity index is 454. The minimum atomic E-state index is -0.0777. The van der Waals surface area contributed by atoms with E-state index in [2.05, 4.69) is 55.2 Å². The van der Waals surface area contributed by atoms with E-state index in [0.717, 1.165) is 24.0 Å². The number of fused-ring (bicyclic) bond motifs is 1. The number of hydrogen-bond donors (Lipinski definition) is 1. The predicted molar refractivity (Wildman–Crippen MR) is 86.6 cm³/mol. The average molecular weight is 291 g/mol.